The summed E-state index contributed by atoms with van der Waals surface area (Å²) in [5.41, 5.74) is 1.27. The van der Waals surface area contributed by atoms with Crippen LogP contribution >= 0.6 is 11.6 Å². The van der Waals surface area contributed by atoms with Crippen LogP contribution < -0.4 is 0 Å². The molecule has 0 bridgehead atoms. The first-order valence-electron chi connectivity index (χ1n) is 4.93. The lowest BCUT2D eigenvalue weighted by Crippen LogP contribution is -1.77. The first-order valence-corrected chi connectivity index (χ1v) is 5.30. The van der Waals surface area contributed by atoms with Crippen LogP contribution in [-0.4, -0.2) is 0 Å². The SMILES string of the molecule is CC.Cc1ccc(Cl)c2ccccc12. The van der Waals surface area contributed by atoms with Crippen molar-refractivity contribution < 1.29 is 0 Å². The fourth-order valence-corrected chi connectivity index (χ4v) is 1.64. The second kappa shape index (κ2) is 5.02. The quantitative estimate of drug-likeness (QED) is 0.579. The van der Waals surface area contributed by atoms with Crippen molar-refractivity contribution in [2.24, 2.45) is 0 Å². The second-order valence-electron chi connectivity index (χ2n) is 2.91. The second-order valence-corrected chi connectivity index (χ2v) is 3.32. The number of fused-ring (bicyclic) bond motifs is 1. The Hall–Kier alpha value is -1.01. The van der Waals surface area contributed by atoms with Crippen LogP contribution in [0.15, 0.2) is 36.4 Å². The van der Waals surface area contributed by atoms with Gasteiger partial charge in [-0.1, -0.05) is 55.8 Å². The lowest BCUT2D eigenvalue weighted by atomic mass is 10.1. The maximum absolute atomic E-state index is 6.03. The van der Waals surface area contributed by atoms with Gasteiger partial charge in [-0.25, -0.2) is 0 Å². The van der Waals surface area contributed by atoms with E-state index in [1.165, 1.54) is 10.9 Å². The Labute approximate surface area is 90.5 Å². The Morgan fingerprint density at radius 3 is 2.00 bits per heavy atom. The summed E-state index contributed by atoms with van der Waals surface area (Å²) in [6.45, 7) is 6.10. The van der Waals surface area contributed by atoms with Gasteiger partial charge in [0.15, 0.2) is 0 Å². The van der Waals surface area contributed by atoms with Crippen molar-refractivity contribution in [1.82, 2.24) is 0 Å². The molecule has 74 valence electrons. The van der Waals surface area contributed by atoms with Crippen molar-refractivity contribution in [2.45, 2.75) is 20.8 Å². The summed E-state index contributed by atoms with van der Waals surface area (Å²) in [5, 5.41) is 3.21. The molecule has 0 aliphatic heterocycles. The normalized spacial score (nSPS) is 9.43. The molecule has 14 heavy (non-hydrogen) atoms. The highest BCUT2D eigenvalue weighted by molar-refractivity contribution is 6.35. The number of aryl methyl sites for hydroxylation is 1. The van der Waals surface area contributed by atoms with Crippen LogP contribution in [0.5, 0.6) is 0 Å². The molecule has 0 saturated heterocycles. The summed E-state index contributed by atoms with van der Waals surface area (Å²) < 4.78 is 0. The van der Waals surface area contributed by atoms with Gasteiger partial charge in [0.1, 0.15) is 0 Å². The minimum atomic E-state index is 0.830. The molecule has 0 radical (unpaired) electrons. The number of rotatable bonds is 0. The monoisotopic (exact) mass is 206 g/mol. The van der Waals surface area contributed by atoms with E-state index in [4.69, 9.17) is 11.6 Å². The zero-order valence-electron chi connectivity index (χ0n) is 8.84. The van der Waals surface area contributed by atoms with Gasteiger partial charge in [-0.05, 0) is 23.9 Å². The number of halogens is 1. The summed E-state index contributed by atoms with van der Waals surface area (Å²) in [7, 11) is 0. The van der Waals surface area contributed by atoms with E-state index >= 15 is 0 Å². The molecule has 0 spiro atoms. The summed E-state index contributed by atoms with van der Waals surface area (Å²) in [6.07, 6.45) is 0. The molecule has 0 atom stereocenters. The Morgan fingerprint density at radius 2 is 1.43 bits per heavy atom. The topological polar surface area (TPSA) is 0 Å². The fourth-order valence-electron chi connectivity index (χ4n) is 1.41. The zero-order valence-corrected chi connectivity index (χ0v) is 9.60. The van der Waals surface area contributed by atoms with Crippen LogP contribution in [0, 0.1) is 6.92 Å². The maximum Gasteiger partial charge on any atom is 0.0484 e. The molecular formula is C13H15Cl. The van der Waals surface area contributed by atoms with Gasteiger partial charge >= 0.3 is 0 Å². The average molecular weight is 207 g/mol. The zero-order chi connectivity index (χ0) is 10.6. The highest BCUT2D eigenvalue weighted by atomic mass is 35.5. The Kier molecular flexibility index (Phi) is 3.97. The third-order valence-corrected chi connectivity index (χ3v) is 2.42. The first-order chi connectivity index (χ1) is 6.79. The Balaban J connectivity index is 0.000000461. The molecule has 0 aromatic heterocycles. The Morgan fingerprint density at radius 1 is 0.857 bits per heavy atom. The molecule has 0 amide bonds. The number of hydrogen-bond acceptors (Lipinski definition) is 0. The molecule has 2 aromatic rings. The van der Waals surface area contributed by atoms with Gasteiger partial charge in [0, 0.05) is 10.4 Å². The third kappa shape index (κ3) is 2.08. The highest BCUT2D eigenvalue weighted by Crippen LogP contribution is 2.25. The van der Waals surface area contributed by atoms with Crippen molar-refractivity contribution >= 4 is 22.4 Å². The van der Waals surface area contributed by atoms with E-state index in [1.807, 2.05) is 44.2 Å². The van der Waals surface area contributed by atoms with Crippen LogP contribution in [0.3, 0.4) is 0 Å². The van der Waals surface area contributed by atoms with Crippen LogP contribution in [0.2, 0.25) is 5.02 Å². The van der Waals surface area contributed by atoms with Gasteiger partial charge in [-0.15, -0.1) is 0 Å². The van der Waals surface area contributed by atoms with Gasteiger partial charge in [-0.2, -0.15) is 0 Å². The predicted molar refractivity (Wildman–Crippen MR) is 65.0 cm³/mol. The van der Waals surface area contributed by atoms with Crippen molar-refractivity contribution in [3.63, 3.8) is 0 Å². The minimum Gasteiger partial charge on any atom is -0.0837 e. The minimum absolute atomic E-state index is 0.830. The summed E-state index contributed by atoms with van der Waals surface area (Å²) in [6, 6.07) is 12.2. The van der Waals surface area contributed by atoms with Crippen molar-refractivity contribution in [1.29, 1.82) is 0 Å². The molecule has 0 N–H and O–H groups in total. The van der Waals surface area contributed by atoms with Gasteiger partial charge in [0.05, 0.1) is 0 Å². The molecule has 0 heterocycles. The lowest BCUT2D eigenvalue weighted by Gasteiger charge is -2.02. The maximum atomic E-state index is 6.03. The van der Waals surface area contributed by atoms with E-state index in [2.05, 4.69) is 13.0 Å². The van der Waals surface area contributed by atoms with E-state index in [-0.39, 0.29) is 0 Å². The largest absolute Gasteiger partial charge is 0.0837 e. The van der Waals surface area contributed by atoms with E-state index in [0.717, 1.165) is 10.4 Å². The lowest BCUT2D eigenvalue weighted by molar-refractivity contribution is 1.50. The predicted octanol–water partition coefficient (Wildman–Crippen LogP) is 4.83. The van der Waals surface area contributed by atoms with E-state index in [1.54, 1.807) is 0 Å². The van der Waals surface area contributed by atoms with Gasteiger partial charge in [0.25, 0.3) is 0 Å². The van der Waals surface area contributed by atoms with E-state index < -0.39 is 0 Å². The third-order valence-electron chi connectivity index (χ3n) is 2.09. The van der Waals surface area contributed by atoms with Crippen molar-refractivity contribution in [3.05, 3.63) is 47.0 Å². The summed E-state index contributed by atoms with van der Waals surface area (Å²) in [5.74, 6) is 0. The fraction of sp³-hybridized carbons (Fsp3) is 0.231. The average Bonchev–Trinajstić information content (AvgIpc) is 2.27. The number of benzene rings is 2. The molecule has 0 unspecified atom stereocenters. The molecule has 2 aromatic carbocycles. The Bertz CT molecular complexity index is 378. The standard InChI is InChI=1S/C11H9Cl.C2H6/c1-8-6-7-11(12)10-5-3-2-4-9(8)10;1-2/h2-7H,1H3;1-2H3. The molecule has 0 fully saturated rings. The van der Waals surface area contributed by atoms with Gasteiger partial charge < -0.3 is 0 Å². The molecular weight excluding hydrogens is 192 g/mol. The number of hydrogen-bond donors (Lipinski definition) is 0. The van der Waals surface area contributed by atoms with Crippen LogP contribution in [0.1, 0.15) is 19.4 Å². The van der Waals surface area contributed by atoms with Crippen molar-refractivity contribution in [3.8, 4) is 0 Å². The molecule has 0 saturated carbocycles. The van der Waals surface area contributed by atoms with E-state index in [9.17, 15) is 0 Å². The molecule has 0 aliphatic rings. The molecule has 2 rings (SSSR count). The van der Waals surface area contributed by atoms with Gasteiger partial charge in [-0.3, -0.25) is 0 Å². The van der Waals surface area contributed by atoms with Gasteiger partial charge in [0.2, 0.25) is 0 Å². The van der Waals surface area contributed by atoms with Crippen LogP contribution in [0.4, 0.5) is 0 Å². The molecule has 0 nitrogen and oxygen atoms in total. The van der Waals surface area contributed by atoms with Crippen LogP contribution in [0.25, 0.3) is 10.8 Å². The smallest absolute Gasteiger partial charge is 0.0484 e. The van der Waals surface area contributed by atoms with Crippen molar-refractivity contribution in [2.75, 3.05) is 0 Å². The molecule has 1 heteroatoms. The summed E-state index contributed by atoms with van der Waals surface area (Å²) >= 11 is 6.03. The first kappa shape index (κ1) is 11.1. The highest BCUT2D eigenvalue weighted by Gasteiger charge is 1.98. The molecule has 0 aliphatic carbocycles. The van der Waals surface area contributed by atoms with Crippen LogP contribution in [-0.2, 0) is 0 Å². The summed E-state index contributed by atoms with van der Waals surface area (Å²) in [4.78, 5) is 0. The van der Waals surface area contributed by atoms with E-state index in [0.29, 0.717) is 0 Å².